The van der Waals surface area contributed by atoms with Crippen LogP contribution in [0.3, 0.4) is 0 Å². The molecule has 154 valence electrons. The second-order valence-corrected chi connectivity index (χ2v) is 8.49. The molecule has 0 aliphatic rings. The van der Waals surface area contributed by atoms with Crippen molar-refractivity contribution in [3.05, 3.63) is 66.6 Å². The van der Waals surface area contributed by atoms with Gasteiger partial charge in [-0.3, -0.25) is 4.72 Å². The predicted octanol–water partition coefficient (Wildman–Crippen LogP) is 3.04. The van der Waals surface area contributed by atoms with Gasteiger partial charge in [0, 0.05) is 17.1 Å². The number of nitrogens with zero attached hydrogens (tertiary/aromatic N) is 5. The molecule has 0 spiro atoms. The number of rotatable bonds is 6. The van der Waals surface area contributed by atoms with Gasteiger partial charge in [-0.25, -0.2) is 23.4 Å². The van der Waals surface area contributed by atoms with Crippen molar-refractivity contribution < 1.29 is 13.2 Å². The van der Waals surface area contributed by atoms with E-state index in [1.54, 1.807) is 0 Å². The number of benzene rings is 2. The largest absolute Gasteiger partial charge is 0.452 e. The van der Waals surface area contributed by atoms with Gasteiger partial charge in [0.15, 0.2) is 5.75 Å². The Bertz CT molecular complexity index is 1370. The number of hydrogen-bond donors (Lipinski definition) is 2. The Kier molecular flexibility index (Phi) is 5.44. The maximum atomic E-state index is 12.6. The summed E-state index contributed by atoms with van der Waals surface area (Å²) in [7, 11) is -3.95. The van der Waals surface area contributed by atoms with Crippen molar-refractivity contribution in [3.8, 4) is 28.8 Å². The summed E-state index contributed by atoms with van der Waals surface area (Å²) in [6, 6.07) is 15.1. The highest BCUT2D eigenvalue weighted by Gasteiger charge is 2.19. The lowest BCUT2D eigenvalue weighted by atomic mass is 10.1. The zero-order chi connectivity index (χ0) is 21.8. The quantitative estimate of drug-likeness (QED) is 0.449. The lowest BCUT2D eigenvalue weighted by Crippen LogP contribution is -2.13. The number of nitrogens with one attached hydrogen (secondary N) is 1. The fraction of sp³-hybridized carbons (Fsp3) is 0. The van der Waals surface area contributed by atoms with Crippen molar-refractivity contribution in [1.82, 2.24) is 19.3 Å². The third-order valence-electron chi connectivity index (χ3n) is 4.01. The van der Waals surface area contributed by atoms with Gasteiger partial charge < -0.3 is 10.5 Å². The standard InChI is InChI=1S/C19H13N7O3S2/c20-9-13-8-14(31(27,28)26-19-23-11-24-30-19)6-7-15(13)29-16-10-22-18(21)25-17(16)12-4-2-1-3-5-12/h1-8,10-11H,(H2,21,22,25)(H,23,24,26). The third-order valence-corrected chi connectivity index (χ3v) is 6.05. The molecule has 0 bridgehead atoms. The first-order valence-electron chi connectivity index (χ1n) is 8.66. The van der Waals surface area contributed by atoms with Crippen molar-refractivity contribution in [2.75, 3.05) is 10.5 Å². The number of aromatic nitrogens is 4. The first-order chi connectivity index (χ1) is 15.0. The number of hydrogen-bond acceptors (Lipinski definition) is 10. The molecular formula is C19H13N7O3S2. The van der Waals surface area contributed by atoms with Crippen molar-refractivity contribution in [3.63, 3.8) is 0 Å². The summed E-state index contributed by atoms with van der Waals surface area (Å²) >= 11 is 0.895. The van der Waals surface area contributed by atoms with Crippen LogP contribution in [0.15, 0.2) is 66.0 Å². The van der Waals surface area contributed by atoms with Gasteiger partial charge in [0.1, 0.15) is 23.8 Å². The molecule has 0 saturated heterocycles. The summed E-state index contributed by atoms with van der Waals surface area (Å²) in [5, 5.41) is 9.67. The summed E-state index contributed by atoms with van der Waals surface area (Å²) in [6.45, 7) is 0. The molecule has 0 aliphatic carbocycles. The lowest BCUT2D eigenvalue weighted by Gasteiger charge is -2.13. The first-order valence-corrected chi connectivity index (χ1v) is 10.9. The van der Waals surface area contributed by atoms with Crippen molar-refractivity contribution in [2.45, 2.75) is 4.90 Å². The normalized spacial score (nSPS) is 10.9. The number of nitrogens with two attached hydrogens (primary N) is 1. The molecule has 31 heavy (non-hydrogen) atoms. The number of ether oxygens (including phenoxy) is 1. The summed E-state index contributed by atoms with van der Waals surface area (Å²) in [4.78, 5) is 11.9. The molecular weight excluding hydrogens is 438 g/mol. The van der Waals surface area contributed by atoms with E-state index >= 15 is 0 Å². The molecule has 0 atom stereocenters. The van der Waals surface area contributed by atoms with Crippen LogP contribution in [-0.4, -0.2) is 27.7 Å². The maximum absolute atomic E-state index is 12.6. The number of anilines is 2. The molecule has 4 rings (SSSR count). The highest BCUT2D eigenvalue weighted by molar-refractivity contribution is 7.93. The Morgan fingerprint density at radius 2 is 1.90 bits per heavy atom. The average molecular weight is 451 g/mol. The Morgan fingerprint density at radius 3 is 2.61 bits per heavy atom. The van der Waals surface area contributed by atoms with E-state index < -0.39 is 10.0 Å². The number of sulfonamides is 1. The topological polar surface area (TPSA) is 157 Å². The molecule has 4 aromatic rings. The van der Waals surface area contributed by atoms with Gasteiger partial charge in [-0.2, -0.15) is 9.64 Å². The van der Waals surface area contributed by atoms with Gasteiger partial charge in [-0.15, -0.1) is 0 Å². The highest BCUT2D eigenvalue weighted by Crippen LogP contribution is 2.34. The fourth-order valence-corrected chi connectivity index (χ4v) is 4.31. The molecule has 0 aliphatic heterocycles. The van der Waals surface area contributed by atoms with Crippen LogP contribution < -0.4 is 15.2 Å². The Hall–Kier alpha value is -4.08. The minimum Gasteiger partial charge on any atom is -0.452 e. The van der Waals surface area contributed by atoms with Crippen molar-refractivity contribution in [2.24, 2.45) is 0 Å². The zero-order valence-electron chi connectivity index (χ0n) is 15.6. The predicted molar refractivity (Wildman–Crippen MR) is 114 cm³/mol. The molecule has 2 aromatic carbocycles. The van der Waals surface area contributed by atoms with E-state index in [0.29, 0.717) is 5.69 Å². The van der Waals surface area contributed by atoms with Gasteiger partial charge in [-0.1, -0.05) is 30.3 Å². The minimum absolute atomic E-state index is 0.0102. The van der Waals surface area contributed by atoms with Crippen molar-refractivity contribution >= 4 is 32.6 Å². The summed E-state index contributed by atoms with van der Waals surface area (Å²) < 4.78 is 37.0. The Morgan fingerprint density at radius 1 is 1.10 bits per heavy atom. The number of nitriles is 1. The first kappa shape index (κ1) is 20.2. The Balaban J connectivity index is 1.69. The van der Waals surface area contributed by atoms with Crippen LogP contribution in [0, 0.1) is 11.3 Å². The fourth-order valence-electron chi connectivity index (χ4n) is 2.62. The molecule has 2 aromatic heterocycles. The average Bonchev–Trinajstić information content (AvgIpc) is 3.28. The van der Waals surface area contributed by atoms with Gasteiger partial charge in [-0.05, 0) is 18.2 Å². The van der Waals surface area contributed by atoms with Crippen LogP contribution >= 0.6 is 11.5 Å². The Labute approximate surface area is 181 Å². The van der Waals surface area contributed by atoms with Crippen LogP contribution in [0.5, 0.6) is 11.5 Å². The van der Waals surface area contributed by atoms with Crippen LogP contribution in [0.2, 0.25) is 0 Å². The van der Waals surface area contributed by atoms with E-state index in [0.717, 1.165) is 17.1 Å². The summed E-state index contributed by atoms with van der Waals surface area (Å²) in [6.07, 6.45) is 2.63. The van der Waals surface area contributed by atoms with Crippen LogP contribution in [0.25, 0.3) is 11.3 Å². The molecule has 0 saturated carbocycles. The summed E-state index contributed by atoms with van der Waals surface area (Å²) in [5.74, 6) is 0.471. The maximum Gasteiger partial charge on any atom is 0.263 e. The summed E-state index contributed by atoms with van der Waals surface area (Å²) in [5.41, 5.74) is 6.91. The van der Waals surface area contributed by atoms with Gasteiger partial charge in [0.25, 0.3) is 10.0 Å². The molecule has 0 fully saturated rings. The van der Waals surface area contributed by atoms with E-state index in [2.05, 4.69) is 24.0 Å². The minimum atomic E-state index is -3.95. The smallest absolute Gasteiger partial charge is 0.263 e. The van der Waals surface area contributed by atoms with E-state index in [-0.39, 0.29) is 33.0 Å². The monoisotopic (exact) mass is 451 g/mol. The third kappa shape index (κ3) is 4.42. The van der Waals surface area contributed by atoms with Gasteiger partial charge in [0.2, 0.25) is 11.1 Å². The van der Waals surface area contributed by atoms with Crippen LogP contribution in [0.4, 0.5) is 11.1 Å². The molecule has 0 radical (unpaired) electrons. The number of nitrogen functional groups attached to an aromatic ring is 1. The second kappa shape index (κ2) is 8.34. The van der Waals surface area contributed by atoms with Crippen molar-refractivity contribution in [1.29, 1.82) is 5.26 Å². The van der Waals surface area contributed by atoms with Gasteiger partial charge >= 0.3 is 0 Å². The lowest BCUT2D eigenvalue weighted by molar-refractivity contribution is 0.478. The molecule has 0 unspecified atom stereocenters. The molecule has 2 heterocycles. The molecule has 12 heteroatoms. The van der Waals surface area contributed by atoms with E-state index in [1.807, 2.05) is 36.4 Å². The SMILES string of the molecule is N#Cc1cc(S(=O)(=O)Nc2ncns2)ccc1Oc1cnc(N)nc1-c1ccccc1. The zero-order valence-corrected chi connectivity index (χ0v) is 17.3. The van der Waals surface area contributed by atoms with E-state index in [9.17, 15) is 13.7 Å². The van der Waals surface area contributed by atoms with Crippen LogP contribution in [0.1, 0.15) is 5.56 Å². The van der Waals surface area contributed by atoms with E-state index in [1.165, 1.54) is 30.7 Å². The highest BCUT2D eigenvalue weighted by atomic mass is 32.2. The second-order valence-electron chi connectivity index (χ2n) is 6.03. The molecule has 3 N–H and O–H groups in total. The molecule has 10 nitrogen and oxygen atoms in total. The molecule has 0 amide bonds. The van der Waals surface area contributed by atoms with Crippen LogP contribution in [-0.2, 0) is 10.0 Å². The van der Waals surface area contributed by atoms with Gasteiger partial charge in [0.05, 0.1) is 16.7 Å². The van der Waals surface area contributed by atoms with E-state index in [4.69, 9.17) is 10.5 Å².